The zero-order chi connectivity index (χ0) is 26.1. The van der Waals surface area contributed by atoms with Gasteiger partial charge in [0.1, 0.15) is 17.2 Å². The lowest BCUT2D eigenvalue weighted by molar-refractivity contribution is 0.110. The number of fused-ring (bicyclic) bond motifs is 1. The lowest BCUT2D eigenvalue weighted by atomic mass is 9.91. The first kappa shape index (κ1) is 25.9. The smallest absolute Gasteiger partial charge is 0.225 e. The van der Waals surface area contributed by atoms with Crippen LogP contribution in [0.1, 0.15) is 43.9 Å². The fraction of sp³-hybridized carbons (Fsp3) is 0.321. The molecule has 3 heterocycles. The van der Waals surface area contributed by atoms with Crippen LogP contribution in [0.4, 0.5) is 14.6 Å². The van der Waals surface area contributed by atoms with E-state index in [1.54, 1.807) is 6.20 Å². The Bertz CT molecular complexity index is 1340. The van der Waals surface area contributed by atoms with Crippen LogP contribution in [-0.4, -0.2) is 45.0 Å². The molecule has 1 aliphatic heterocycles. The molecule has 1 saturated heterocycles. The van der Waals surface area contributed by atoms with Gasteiger partial charge in [-0.1, -0.05) is 38.1 Å². The van der Waals surface area contributed by atoms with Gasteiger partial charge in [0.05, 0.1) is 11.6 Å². The molecule has 2 atom stereocenters. The lowest BCUT2D eigenvalue weighted by Gasteiger charge is -2.50. The third-order valence-corrected chi connectivity index (χ3v) is 7.72. The van der Waals surface area contributed by atoms with E-state index in [-0.39, 0.29) is 35.0 Å². The Hall–Kier alpha value is -2.68. The quantitative estimate of drug-likeness (QED) is 0.224. The first-order valence-electron chi connectivity index (χ1n) is 12.4. The molecule has 0 aliphatic carbocycles. The largest absolute Gasteiger partial charge is 0.349 e. The van der Waals surface area contributed by atoms with Crippen molar-refractivity contribution >= 4 is 44.4 Å². The van der Waals surface area contributed by atoms with Crippen molar-refractivity contribution in [2.75, 3.05) is 18.0 Å². The zero-order valence-corrected chi connectivity index (χ0v) is 22.9. The zero-order valence-electron chi connectivity index (χ0n) is 20.6. The van der Waals surface area contributed by atoms with Crippen LogP contribution in [0.15, 0.2) is 65.3 Å². The number of halogens is 4. The van der Waals surface area contributed by atoms with Crippen LogP contribution < -0.4 is 4.90 Å². The molecule has 9 heteroatoms. The SMILES string of the molecule is CC[C@H]1CN(C(c2ccc(F)cc2)c2ccc(F)cc2)[C@H](CC)CN1c1nc(Cl)nc2cc(Br)cnc12. The first-order valence-corrected chi connectivity index (χ1v) is 13.6. The van der Waals surface area contributed by atoms with Crippen LogP contribution >= 0.6 is 27.5 Å². The topological polar surface area (TPSA) is 45.2 Å². The standard InChI is InChI=1S/C28H27BrClF2N5/c1-3-22-16-37(27-25-24(34-28(30)35-27)13-19(29)14-33-25)23(4-2)15-36(22)26(17-5-9-20(31)10-6-17)18-7-11-21(32)12-8-18/h5-14,22-23,26H,3-4,15-16H2,1-2H3/t22-,23+/m1/s1. The van der Waals surface area contributed by atoms with Crippen molar-refractivity contribution in [2.24, 2.45) is 0 Å². The molecule has 37 heavy (non-hydrogen) atoms. The number of nitrogens with zero attached hydrogens (tertiary/aromatic N) is 5. The van der Waals surface area contributed by atoms with Gasteiger partial charge in [0.15, 0.2) is 5.82 Å². The average molecular weight is 587 g/mol. The number of pyridine rings is 1. The Morgan fingerprint density at radius 2 is 1.51 bits per heavy atom. The highest BCUT2D eigenvalue weighted by Gasteiger charge is 2.38. The summed E-state index contributed by atoms with van der Waals surface area (Å²) >= 11 is 9.83. The van der Waals surface area contributed by atoms with E-state index in [2.05, 4.69) is 54.5 Å². The average Bonchev–Trinajstić information content (AvgIpc) is 2.90. The van der Waals surface area contributed by atoms with E-state index in [0.29, 0.717) is 17.6 Å². The molecule has 0 N–H and O–H groups in total. The fourth-order valence-corrected chi connectivity index (χ4v) is 5.77. The van der Waals surface area contributed by atoms with Crippen LogP contribution in [0.2, 0.25) is 5.28 Å². The van der Waals surface area contributed by atoms with Gasteiger partial charge in [0.2, 0.25) is 5.28 Å². The van der Waals surface area contributed by atoms with Crippen molar-refractivity contribution in [1.29, 1.82) is 0 Å². The molecule has 1 fully saturated rings. The maximum atomic E-state index is 13.8. The van der Waals surface area contributed by atoms with Crippen molar-refractivity contribution in [3.05, 3.63) is 93.3 Å². The van der Waals surface area contributed by atoms with E-state index >= 15 is 0 Å². The Labute approximate surface area is 228 Å². The van der Waals surface area contributed by atoms with Crippen molar-refractivity contribution in [1.82, 2.24) is 19.9 Å². The second-order valence-corrected chi connectivity index (χ2v) is 10.6. The molecule has 2 aromatic carbocycles. The summed E-state index contributed by atoms with van der Waals surface area (Å²) in [6.45, 7) is 5.75. The van der Waals surface area contributed by atoms with Gasteiger partial charge in [-0.15, -0.1) is 0 Å². The Morgan fingerprint density at radius 1 is 0.919 bits per heavy atom. The van der Waals surface area contributed by atoms with Crippen LogP contribution in [0.3, 0.4) is 0 Å². The molecule has 0 amide bonds. The summed E-state index contributed by atoms with van der Waals surface area (Å²) in [5, 5.41) is 0.184. The molecule has 0 unspecified atom stereocenters. The summed E-state index contributed by atoms with van der Waals surface area (Å²) in [7, 11) is 0. The van der Waals surface area contributed by atoms with E-state index in [4.69, 9.17) is 11.6 Å². The maximum absolute atomic E-state index is 13.8. The number of anilines is 1. The minimum Gasteiger partial charge on any atom is -0.349 e. The summed E-state index contributed by atoms with van der Waals surface area (Å²) in [6.07, 6.45) is 3.49. The summed E-state index contributed by atoms with van der Waals surface area (Å²) in [4.78, 5) is 18.4. The number of benzene rings is 2. The maximum Gasteiger partial charge on any atom is 0.225 e. The van der Waals surface area contributed by atoms with Gasteiger partial charge in [-0.3, -0.25) is 4.90 Å². The molecule has 5 nitrogen and oxygen atoms in total. The normalized spacial score (nSPS) is 18.6. The van der Waals surface area contributed by atoms with Gasteiger partial charge >= 0.3 is 0 Å². The number of aromatic nitrogens is 3. The molecule has 192 valence electrons. The number of rotatable bonds is 6. The number of hydrogen-bond donors (Lipinski definition) is 0. The summed E-state index contributed by atoms with van der Waals surface area (Å²) < 4.78 is 28.5. The number of piperazine rings is 1. The number of hydrogen-bond acceptors (Lipinski definition) is 5. The lowest BCUT2D eigenvalue weighted by Crippen LogP contribution is -2.59. The third kappa shape index (κ3) is 5.33. The highest BCUT2D eigenvalue weighted by molar-refractivity contribution is 9.10. The van der Waals surface area contributed by atoms with E-state index in [9.17, 15) is 8.78 Å². The molecular weight excluding hydrogens is 560 g/mol. The minimum atomic E-state index is -0.281. The first-order chi connectivity index (χ1) is 17.9. The Morgan fingerprint density at radius 3 is 2.08 bits per heavy atom. The highest BCUT2D eigenvalue weighted by atomic mass is 79.9. The molecule has 0 saturated carbocycles. The predicted molar refractivity (Wildman–Crippen MR) is 147 cm³/mol. The second kappa shape index (κ2) is 11.0. The fourth-order valence-electron chi connectivity index (χ4n) is 5.28. The van der Waals surface area contributed by atoms with Crippen molar-refractivity contribution in [3.8, 4) is 0 Å². The molecule has 2 aromatic heterocycles. The molecule has 5 rings (SSSR count). The molecule has 0 bridgehead atoms. The molecule has 0 radical (unpaired) electrons. The predicted octanol–water partition coefficient (Wildman–Crippen LogP) is 7.19. The second-order valence-electron chi connectivity index (χ2n) is 9.32. The van der Waals surface area contributed by atoms with Gasteiger partial charge in [-0.2, -0.15) is 4.98 Å². The Kier molecular flexibility index (Phi) is 7.70. The van der Waals surface area contributed by atoms with E-state index in [1.165, 1.54) is 24.3 Å². The van der Waals surface area contributed by atoms with Crippen LogP contribution in [-0.2, 0) is 0 Å². The third-order valence-electron chi connectivity index (χ3n) is 7.11. The van der Waals surface area contributed by atoms with Crippen molar-refractivity contribution in [2.45, 2.75) is 44.8 Å². The minimum absolute atomic E-state index is 0.116. The molecular formula is C28H27BrClF2N5. The summed E-state index contributed by atoms with van der Waals surface area (Å²) in [5.41, 5.74) is 3.33. The summed E-state index contributed by atoms with van der Waals surface area (Å²) in [6, 6.07) is 15.2. The van der Waals surface area contributed by atoms with Crippen LogP contribution in [0.5, 0.6) is 0 Å². The van der Waals surface area contributed by atoms with E-state index in [1.807, 2.05) is 30.3 Å². The van der Waals surface area contributed by atoms with Crippen LogP contribution in [0.25, 0.3) is 11.0 Å². The van der Waals surface area contributed by atoms with Gasteiger partial charge < -0.3 is 4.90 Å². The van der Waals surface area contributed by atoms with Crippen molar-refractivity contribution < 1.29 is 8.78 Å². The van der Waals surface area contributed by atoms with Gasteiger partial charge in [0, 0.05) is 35.8 Å². The van der Waals surface area contributed by atoms with Crippen molar-refractivity contribution in [3.63, 3.8) is 0 Å². The van der Waals surface area contributed by atoms with Gasteiger partial charge in [-0.05, 0) is 81.8 Å². The van der Waals surface area contributed by atoms with E-state index < -0.39 is 0 Å². The molecule has 1 aliphatic rings. The monoisotopic (exact) mass is 585 g/mol. The van der Waals surface area contributed by atoms with Gasteiger partial charge in [0.25, 0.3) is 0 Å². The molecule has 4 aromatic rings. The van der Waals surface area contributed by atoms with Crippen LogP contribution in [0, 0.1) is 11.6 Å². The highest BCUT2D eigenvalue weighted by Crippen LogP contribution is 2.37. The van der Waals surface area contributed by atoms with E-state index in [0.717, 1.165) is 40.8 Å². The molecule has 0 spiro atoms. The Balaban J connectivity index is 1.57. The summed E-state index contributed by atoms with van der Waals surface area (Å²) in [5.74, 6) is 0.167. The van der Waals surface area contributed by atoms with Gasteiger partial charge in [-0.25, -0.2) is 18.7 Å².